The number of nitrogens with one attached hydrogen (secondary N) is 1. The minimum Gasteiger partial charge on any atom is -0.383 e. The van der Waals surface area contributed by atoms with Gasteiger partial charge in [0.25, 0.3) is 0 Å². The lowest BCUT2D eigenvalue weighted by Gasteiger charge is -2.23. The molecule has 264 valence electrons. The third-order valence-corrected chi connectivity index (χ3v) is 9.94. The molecular formula is C51H40N4. The molecule has 3 N–H and O–H groups in total. The summed E-state index contributed by atoms with van der Waals surface area (Å²) in [5.41, 5.74) is 19.9. The van der Waals surface area contributed by atoms with Gasteiger partial charge in [0.1, 0.15) is 5.84 Å². The van der Waals surface area contributed by atoms with Crippen molar-refractivity contribution in [3.63, 3.8) is 0 Å². The molecule has 0 spiro atoms. The number of amidine groups is 2. The molecule has 9 aromatic rings. The van der Waals surface area contributed by atoms with Crippen molar-refractivity contribution >= 4 is 33.5 Å². The number of rotatable bonds is 6. The van der Waals surface area contributed by atoms with Crippen LogP contribution in [-0.2, 0) is 7.05 Å². The molecule has 1 aromatic heterocycles. The van der Waals surface area contributed by atoms with E-state index in [0.717, 1.165) is 11.1 Å². The van der Waals surface area contributed by atoms with Crippen LogP contribution in [0.2, 0.25) is 0 Å². The van der Waals surface area contributed by atoms with Crippen LogP contribution in [0.5, 0.6) is 0 Å². The topological polar surface area (TPSA) is 67.2 Å². The zero-order valence-electron chi connectivity index (χ0n) is 30.6. The van der Waals surface area contributed by atoms with E-state index in [2.05, 4.69) is 162 Å². The molecule has 4 nitrogen and oxygen atoms in total. The fraction of sp³-hybridized carbons (Fsp3) is 0.0196. The SMILES string of the molecule is Cn1c2ccccc2c2c(-c3ccccc3)c(-c3ccccc3)c(-c3ccccc3)c(-c3ccccc3)c21.N=C(N=C(N)c1ccccc1)c1ccccc1. The fourth-order valence-electron chi connectivity index (χ4n) is 7.45. The Hall–Kier alpha value is -7.30. The highest BCUT2D eigenvalue weighted by Crippen LogP contribution is 2.52. The summed E-state index contributed by atoms with van der Waals surface area (Å²) >= 11 is 0. The van der Waals surface area contributed by atoms with Gasteiger partial charge in [0, 0.05) is 51.2 Å². The standard InChI is InChI=1S/C37H27N.C14H13N3/c1-38-31-25-15-14-24-30(31)36-34(28-20-10-4-11-21-28)32(26-16-6-2-7-17-26)33(27-18-8-3-9-19-27)35(37(36)38)29-22-12-5-13-23-29;15-13(11-7-3-1-4-8-11)17-14(16)12-9-5-2-6-10-12/h2-25H,1H3;1-10H,(H3,15,16,17). The van der Waals surface area contributed by atoms with Crippen LogP contribution in [0, 0.1) is 5.41 Å². The smallest absolute Gasteiger partial charge is 0.154 e. The van der Waals surface area contributed by atoms with E-state index in [4.69, 9.17) is 11.1 Å². The van der Waals surface area contributed by atoms with Gasteiger partial charge in [0.2, 0.25) is 0 Å². The van der Waals surface area contributed by atoms with Crippen molar-refractivity contribution in [3.05, 3.63) is 217 Å². The molecular weight excluding hydrogens is 669 g/mol. The number of aryl methyl sites for hydroxylation is 1. The van der Waals surface area contributed by atoms with E-state index in [1.807, 2.05) is 60.7 Å². The lowest BCUT2D eigenvalue weighted by molar-refractivity contribution is 1.02. The maximum absolute atomic E-state index is 7.84. The molecule has 0 aliphatic carbocycles. The van der Waals surface area contributed by atoms with E-state index in [9.17, 15) is 0 Å². The quantitative estimate of drug-likeness (QED) is 0.131. The van der Waals surface area contributed by atoms with Crippen molar-refractivity contribution < 1.29 is 0 Å². The first-order valence-electron chi connectivity index (χ1n) is 18.4. The summed E-state index contributed by atoms with van der Waals surface area (Å²) in [5, 5.41) is 10.4. The number of fused-ring (bicyclic) bond motifs is 3. The Labute approximate surface area is 322 Å². The summed E-state index contributed by atoms with van der Waals surface area (Å²) in [6.07, 6.45) is 0. The molecule has 1 heterocycles. The van der Waals surface area contributed by atoms with E-state index >= 15 is 0 Å². The Morgan fingerprint density at radius 1 is 0.436 bits per heavy atom. The van der Waals surface area contributed by atoms with Crippen LogP contribution in [0.4, 0.5) is 0 Å². The summed E-state index contributed by atoms with van der Waals surface area (Å²) in [6.45, 7) is 0. The van der Waals surface area contributed by atoms with E-state index in [1.165, 1.54) is 66.3 Å². The summed E-state index contributed by atoms with van der Waals surface area (Å²) in [7, 11) is 2.21. The average Bonchev–Trinajstić information content (AvgIpc) is 3.56. The highest BCUT2D eigenvalue weighted by atomic mass is 14.9. The van der Waals surface area contributed by atoms with Gasteiger partial charge in [0.05, 0.1) is 5.52 Å². The third-order valence-electron chi connectivity index (χ3n) is 9.94. The Kier molecular flexibility index (Phi) is 9.95. The predicted molar refractivity (Wildman–Crippen MR) is 233 cm³/mol. The minimum atomic E-state index is 0.173. The van der Waals surface area contributed by atoms with Gasteiger partial charge >= 0.3 is 0 Å². The zero-order chi connectivity index (χ0) is 37.6. The van der Waals surface area contributed by atoms with Gasteiger partial charge in [-0.05, 0) is 33.9 Å². The van der Waals surface area contributed by atoms with E-state index in [1.54, 1.807) is 0 Å². The second-order valence-electron chi connectivity index (χ2n) is 13.3. The number of aliphatic imine (C=N–C) groups is 1. The van der Waals surface area contributed by atoms with E-state index in [-0.39, 0.29) is 5.84 Å². The second-order valence-corrected chi connectivity index (χ2v) is 13.3. The highest BCUT2D eigenvalue weighted by Gasteiger charge is 2.27. The molecule has 0 saturated carbocycles. The number of nitrogens with zero attached hydrogens (tertiary/aromatic N) is 2. The van der Waals surface area contributed by atoms with E-state index in [0.29, 0.717) is 5.84 Å². The maximum atomic E-state index is 7.84. The molecule has 0 atom stereocenters. The van der Waals surface area contributed by atoms with E-state index < -0.39 is 0 Å². The lowest BCUT2D eigenvalue weighted by atomic mass is 9.80. The molecule has 0 aliphatic rings. The first-order chi connectivity index (χ1) is 27.1. The average molecular weight is 709 g/mol. The van der Waals surface area contributed by atoms with Crippen LogP contribution in [0.3, 0.4) is 0 Å². The molecule has 0 unspecified atom stereocenters. The molecule has 0 fully saturated rings. The molecule has 0 bridgehead atoms. The maximum Gasteiger partial charge on any atom is 0.154 e. The number of benzene rings is 8. The number of hydrogen-bond donors (Lipinski definition) is 2. The van der Waals surface area contributed by atoms with Crippen LogP contribution >= 0.6 is 0 Å². The van der Waals surface area contributed by atoms with Crippen LogP contribution in [-0.4, -0.2) is 16.2 Å². The molecule has 0 aliphatic heterocycles. The van der Waals surface area contributed by atoms with Crippen LogP contribution < -0.4 is 5.73 Å². The number of para-hydroxylation sites is 1. The Morgan fingerprint density at radius 2 is 0.800 bits per heavy atom. The van der Waals surface area contributed by atoms with Gasteiger partial charge in [-0.3, -0.25) is 5.41 Å². The molecule has 9 rings (SSSR count). The largest absolute Gasteiger partial charge is 0.383 e. The van der Waals surface area contributed by atoms with Gasteiger partial charge in [0.15, 0.2) is 5.84 Å². The van der Waals surface area contributed by atoms with Gasteiger partial charge in [-0.2, -0.15) is 0 Å². The van der Waals surface area contributed by atoms with Crippen molar-refractivity contribution in [3.8, 4) is 44.5 Å². The first-order valence-corrected chi connectivity index (χ1v) is 18.4. The summed E-state index contributed by atoms with van der Waals surface area (Å²) in [6, 6.07) is 71.1. The van der Waals surface area contributed by atoms with Crippen LogP contribution in [0.15, 0.2) is 211 Å². The van der Waals surface area contributed by atoms with Crippen LogP contribution in [0.1, 0.15) is 11.1 Å². The molecule has 0 amide bonds. The highest BCUT2D eigenvalue weighted by molar-refractivity contribution is 6.25. The number of aromatic nitrogens is 1. The summed E-state index contributed by atoms with van der Waals surface area (Å²) in [4.78, 5) is 4.10. The van der Waals surface area contributed by atoms with Gasteiger partial charge in [-0.25, -0.2) is 4.99 Å². The monoisotopic (exact) mass is 708 g/mol. The summed E-state index contributed by atoms with van der Waals surface area (Å²) < 4.78 is 2.39. The number of hydrogen-bond acceptors (Lipinski definition) is 1. The normalized spacial score (nSPS) is 11.3. The Morgan fingerprint density at radius 3 is 1.29 bits per heavy atom. The fourth-order valence-corrected chi connectivity index (χ4v) is 7.45. The molecule has 0 radical (unpaired) electrons. The van der Waals surface area contributed by atoms with Gasteiger partial charge in [-0.1, -0.05) is 200 Å². The molecule has 0 saturated heterocycles. The molecule has 4 heteroatoms. The van der Waals surface area contributed by atoms with Crippen molar-refractivity contribution in [2.24, 2.45) is 17.8 Å². The van der Waals surface area contributed by atoms with Gasteiger partial charge < -0.3 is 10.3 Å². The van der Waals surface area contributed by atoms with Crippen LogP contribution in [0.25, 0.3) is 66.3 Å². The van der Waals surface area contributed by atoms with Crippen molar-refractivity contribution in [1.29, 1.82) is 5.41 Å². The lowest BCUT2D eigenvalue weighted by Crippen LogP contribution is -2.15. The van der Waals surface area contributed by atoms with Crippen molar-refractivity contribution in [2.75, 3.05) is 0 Å². The third kappa shape index (κ3) is 6.97. The Balaban J connectivity index is 0.000000211. The minimum absolute atomic E-state index is 0.173. The Bertz CT molecular complexity index is 2740. The molecule has 8 aromatic carbocycles. The zero-order valence-corrected chi connectivity index (χ0v) is 30.6. The van der Waals surface area contributed by atoms with Gasteiger partial charge in [-0.15, -0.1) is 0 Å². The van der Waals surface area contributed by atoms with Crippen molar-refractivity contribution in [2.45, 2.75) is 0 Å². The number of nitrogens with two attached hydrogens (primary N) is 1. The first kappa shape index (κ1) is 34.8. The predicted octanol–water partition coefficient (Wildman–Crippen LogP) is 12.4. The second kappa shape index (κ2) is 15.7. The van der Waals surface area contributed by atoms with Crippen molar-refractivity contribution in [1.82, 2.24) is 4.57 Å². The molecule has 55 heavy (non-hydrogen) atoms. The summed E-state index contributed by atoms with van der Waals surface area (Å²) in [5.74, 6) is 0.534.